The first-order valence-corrected chi connectivity index (χ1v) is 6.20. The van der Waals surface area contributed by atoms with Gasteiger partial charge in [-0.25, -0.2) is 0 Å². The Labute approximate surface area is 98.2 Å². The van der Waals surface area contributed by atoms with Crippen LogP contribution in [0.4, 0.5) is 0 Å². The number of nitrogens with zero attached hydrogens (tertiary/aromatic N) is 2. The Bertz CT molecular complexity index is 354. The molecule has 0 radical (unpaired) electrons. The number of nitrogens with one attached hydrogen (secondary N) is 1. The van der Waals surface area contributed by atoms with Gasteiger partial charge in [-0.05, 0) is 42.8 Å². The lowest BCUT2D eigenvalue weighted by Gasteiger charge is -2.20. The van der Waals surface area contributed by atoms with E-state index in [-0.39, 0.29) is 5.41 Å². The van der Waals surface area contributed by atoms with E-state index in [1.807, 2.05) is 6.20 Å². The average Bonchev–Trinajstić information content (AvgIpc) is 2.76. The van der Waals surface area contributed by atoms with Crippen LogP contribution < -0.4 is 5.32 Å². The Kier molecular flexibility index (Phi) is 3.06. The zero-order chi connectivity index (χ0) is 11.8. The van der Waals surface area contributed by atoms with E-state index < -0.39 is 0 Å². The molecule has 0 bridgehead atoms. The van der Waals surface area contributed by atoms with E-state index in [4.69, 9.17) is 0 Å². The molecule has 3 heteroatoms. The smallest absolute Gasteiger partial charge is 0.0529 e. The van der Waals surface area contributed by atoms with E-state index in [9.17, 15) is 0 Å². The van der Waals surface area contributed by atoms with Crippen LogP contribution in [0.5, 0.6) is 0 Å². The third kappa shape index (κ3) is 2.29. The maximum Gasteiger partial charge on any atom is 0.0529 e. The fraction of sp³-hybridized carbons (Fsp3) is 0.769. The predicted octanol–water partition coefficient (Wildman–Crippen LogP) is 1.87. The second kappa shape index (κ2) is 4.21. The van der Waals surface area contributed by atoms with E-state index in [0.29, 0.717) is 0 Å². The molecule has 0 saturated carbocycles. The molecule has 1 saturated heterocycles. The van der Waals surface area contributed by atoms with Crippen molar-refractivity contribution in [1.29, 1.82) is 0 Å². The number of aryl methyl sites for hydroxylation is 1. The lowest BCUT2D eigenvalue weighted by molar-refractivity contribution is 0.524. The van der Waals surface area contributed by atoms with Crippen molar-refractivity contribution in [3.63, 3.8) is 0 Å². The minimum atomic E-state index is 0.204. The van der Waals surface area contributed by atoms with Crippen LogP contribution in [0.1, 0.15) is 38.4 Å². The maximum atomic E-state index is 4.42. The van der Waals surface area contributed by atoms with E-state index in [1.165, 1.54) is 24.2 Å². The molecule has 0 aliphatic carbocycles. The van der Waals surface area contributed by atoms with Gasteiger partial charge in [-0.1, -0.05) is 20.8 Å². The lowest BCUT2D eigenvalue weighted by atomic mass is 9.85. The van der Waals surface area contributed by atoms with Crippen LogP contribution in [0.2, 0.25) is 0 Å². The molecule has 90 valence electrons. The highest BCUT2D eigenvalue weighted by Crippen LogP contribution is 2.28. The second-order valence-electron chi connectivity index (χ2n) is 5.94. The standard InChI is InChI=1S/C13H23N3/c1-13(2,3)11-9-15-16(4)12(11)7-10-5-6-14-8-10/h9-10,14H,5-8H2,1-4H3. The summed E-state index contributed by atoms with van der Waals surface area (Å²) in [6.07, 6.45) is 4.50. The third-order valence-electron chi connectivity index (χ3n) is 3.51. The molecule has 1 aromatic heterocycles. The SMILES string of the molecule is Cn1ncc(C(C)(C)C)c1CC1CCNC1. The van der Waals surface area contributed by atoms with Crippen molar-refractivity contribution in [3.8, 4) is 0 Å². The summed E-state index contributed by atoms with van der Waals surface area (Å²) >= 11 is 0. The van der Waals surface area contributed by atoms with Crippen LogP contribution in [0.15, 0.2) is 6.20 Å². The summed E-state index contributed by atoms with van der Waals surface area (Å²) in [5, 5.41) is 7.85. The highest BCUT2D eigenvalue weighted by Gasteiger charge is 2.24. The highest BCUT2D eigenvalue weighted by atomic mass is 15.3. The van der Waals surface area contributed by atoms with Crippen LogP contribution >= 0.6 is 0 Å². The Morgan fingerprint density at radius 1 is 1.50 bits per heavy atom. The molecule has 2 heterocycles. The minimum absolute atomic E-state index is 0.204. The average molecular weight is 221 g/mol. The molecule has 1 aromatic rings. The quantitative estimate of drug-likeness (QED) is 0.826. The topological polar surface area (TPSA) is 29.9 Å². The first-order valence-electron chi connectivity index (χ1n) is 6.20. The van der Waals surface area contributed by atoms with Gasteiger partial charge in [0.2, 0.25) is 0 Å². The Morgan fingerprint density at radius 3 is 2.81 bits per heavy atom. The Morgan fingerprint density at radius 2 is 2.25 bits per heavy atom. The molecule has 0 aromatic carbocycles. The summed E-state index contributed by atoms with van der Waals surface area (Å²) in [4.78, 5) is 0. The summed E-state index contributed by atoms with van der Waals surface area (Å²) in [7, 11) is 2.06. The van der Waals surface area contributed by atoms with Gasteiger partial charge in [-0.3, -0.25) is 4.68 Å². The van der Waals surface area contributed by atoms with Crippen LogP contribution in [0, 0.1) is 5.92 Å². The first-order chi connectivity index (χ1) is 7.48. The Balaban J connectivity index is 2.21. The number of aromatic nitrogens is 2. The predicted molar refractivity (Wildman–Crippen MR) is 66.6 cm³/mol. The fourth-order valence-electron chi connectivity index (χ4n) is 2.49. The van der Waals surface area contributed by atoms with Gasteiger partial charge < -0.3 is 5.32 Å². The van der Waals surface area contributed by atoms with Crippen LogP contribution in [-0.2, 0) is 18.9 Å². The van der Waals surface area contributed by atoms with E-state index in [0.717, 1.165) is 18.9 Å². The third-order valence-corrected chi connectivity index (χ3v) is 3.51. The normalized spacial score (nSPS) is 21.6. The van der Waals surface area contributed by atoms with Crippen molar-refractivity contribution in [2.24, 2.45) is 13.0 Å². The number of hydrogen-bond donors (Lipinski definition) is 1. The van der Waals surface area contributed by atoms with Gasteiger partial charge in [0, 0.05) is 12.7 Å². The highest BCUT2D eigenvalue weighted by molar-refractivity contribution is 5.26. The summed E-state index contributed by atoms with van der Waals surface area (Å²) in [5.74, 6) is 0.788. The molecular formula is C13H23N3. The van der Waals surface area contributed by atoms with Crippen molar-refractivity contribution in [2.75, 3.05) is 13.1 Å². The van der Waals surface area contributed by atoms with Crippen molar-refractivity contribution in [3.05, 3.63) is 17.5 Å². The van der Waals surface area contributed by atoms with Crippen molar-refractivity contribution < 1.29 is 0 Å². The number of hydrogen-bond acceptors (Lipinski definition) is 2. The lowest BCUT2D eigenvalue weighted by Crippen LogP contribution is -2.18. The summed E-state index contributed by atoms with van der Waals surface area (Å²) < 4.78 is 2.05. The molecule has 2 rings (SSSR count). The molecule has 3 nitrogen and oxygen atoms in total. The van der Waals surface area contributed by atoms with Gasteiger partial charge >= 0.3 is 0 Å². The van der Waals surface area contributed by atoms with Gasteiger partial charge in [0.15, 0.2) is 0 Å². The van der Waals surface area contributed by atoms with Crippen LogP contribution in [0.3, 0.4) is 0 Å². The second-order valence-corrected chi connectivity index (χ2v) is 5.94. The minimum Gasteiger partial charge on any atom is -0.316 e. The monoisotopic (exact) mass is 221 g/mol. The summed E-state index contributed by atoms with van der Waals surface area (Å²) in [6, 6.07) is 0. The molecule has 0 amide bonds. The van der Waals surface area contributed by atoms with Crippen molar-refractivity contribution in [2.45, 2.75) is 39.0 Å². The van der Waals surface area contributed by atoms with E-state index in [2.05, 4.69) is 42.9 Å². The van der Waals surface area contributed by atoms with Gasteiger partial charge in [0.05, 0.1) is 6.20 Å². The van der Waals surface area contributed by atoms with Crippen molar-refractivity contribution in [1.82, 2.24) is 15.1 Å². The summed E-state index contributed by atoms with van der Waals surface area (Å²) in [5.41, 5.74) is 3.03. The van der Waals surface area contributed by atoms with Crippen LogP contribution in [-0.4, -0.2) is 22.9 Å². The largest absolute Gasteiger partial charge is 0.316 e. The molecule has 1 N–H and O–H groups in total. The molecule has 1 aliphatic heterocycles. The van der Waals surface area contributed by atoms with E-state index in [1.54, 1.807) is 0 Å². The summed E-state index contributed by atoms with van der Waals surface area (Å²) in [6.45, 7) is 9.13. The molecule has 1 atom stereocenters. The molecule has 1 aliphatic rings. The van der Waals surface area contributed by atoms with Gasteiger partial charge in [0.1, 0.15) is 0 Å². The first kappa shape index (κ1) is 11.6. The molecular weight excluding hydrogens is 198 g/mol. The molecule has 16 heavy (non-hydrogen) atoms. The molecule has 0 spiro atoms. The zero-order valence-electron chi connectivity index (χ0n) is 10.9. The molecule has 1 fully saturated rings. The molecule has 1 unspecified atom stereocenters. The van der Waals surface area contributed by atoms with Crippen LogP contribution in [0.25, 0.3) is 0 Å². The fourth-order valence-corrected chi connectivity index (χ4v) is 2.49. The van der Waals surface area contributed by atoms with Gasteiger partial charge in [0.25, 0.3) is 0 Å². The Hall–Kier alpha value is -0.830. The maximum absolute atomic E-state index is 4.42. The van der Waals surface area contributed by atoms with Gasteiger partial charge in [-0.2, -0.15) is 5.10 Å². The van der Waals surface area contributed by atoms with Gasteiger partial charge in [-0.15, -0.1) is 0 Å². The number of rotatable bonds is 2. The zero-order valence-corrected chi connectivity index (χ0v) is 10.9. The van der Waals surface area contributed by atoms with E-state index >= 15 is 0 Å². The van der Waals surface area contributed by atoms with Crippen molar-refractivity contribution >= 4 is 0 Å².